The van der Waals surface area contributed by atoms with Crippen LogP contribution < -0.4 is 4.72 Å². The van der Waals surface area contributed by atoms with Crippen molar-refractivity contribution in [1.82, 2.24) is 20.2 Å². The molecule has 0 spiro atoms. The lowest BCUT2D eigenvalue weighted by atomic mass is 10.2. The Kier molecular flexibility index (Phi) is 3.89. The maximum Gasteiger partial charge on any atom is 0.280 e. The summed E-state index contributed by atoms with van der Waals surface area (Å²) in [4.78, 5) is 6.73. The second-order valence-electron chi connectivity index (χ2n) is 4.18. The molecule has 0 atom stereocenters. The maximum absolute atomic E-state index is 12.1. The Labute approximate surface area is 111 Å². The van der Waals surface area contributed by atoms with Crippen LogP contribution in [0.5, 0.6) is 0 Å². The van der Waals surface area contributed by atoms with Gasteiger partial charge in [0.25, 0.3) is 10.0 Å². The number of nitrogens with one attached hydrogen (secondary N) is 3. The zero-order valence-electron chi connectivity index (χ0n) is 10.9. The molecule has 8 heteroatoms. The van der Waals surface area contributed by atoms with Crippen molar-refractivity contribution in [2.45, 2.75) is 38.1 Å². The van der Waals surface area contributed by atoms with Crippen molar-refractivity contribution in [3.8, 4) is 0 Å². The molecule has 2 aromatic rings. The molecule has 0 aliphatic rings. The SMILES string of the molecule is CCCc1cc(NS(=O)(=O)c2cnc(CC)[nH]2)n[nH]1. The molecule has 104 valence electrons. The van der Waals surface area contributed by atoms with Crippen molar-refractivity contribution in [3.63, 3.8) is 0 Å². The Morgan fingerprint density at radius 1 is 1.37 bits per heavy atom. The largest absolute Gasteiger partial charge is 0.332 e. The molecule has 2 heterocycles. The molecule has 0 saturated carbocycles. The minimum absolute atomic E-state index is 0.0457. The summed E-state index contributed by atoms with van der Waals surface area (Å²) < 4.78 is 26.5. The van der Waals surface area contributed by atoms with E-state index in [1.807, 2.05) is 13.8 Å². The Morgan fingerprint density at radius 2 is 2.16 bits per heavy atom. The van der Waals surface area contributed by atoms with Crippen molar-refractivity contribution in [1.29, 1.82) is 0 Å². The lowest BCUT2D eigenvalue weighted by molar-refractivity contribution is 0.597. The zero-order valence-corrected chi connectivity index (χ0v) is 11.7. The van der Waals surface area contributed by atoms with Gasteiger partial charge in [-0.2, -0.15) is 13.5 Å². The number of H-pyrrole nitrogens is 2. The molecule has 0 unspecified atom stereocenters. The van der Waals surface area contributed by atoms with Gasteiger partial charge in [-0.1, -0.05) is 20.3 Å². The van der Waals surface area contributed by atoms with Gasteiger partial charge in [0.1, 0.15) is 5.82 Å². The number of aromatic nitrogens is 4. The van der Waals surface area contributed by atoms with E-state index in [0.29, 0.717) is 12.2 Å². The van der Waals surface area contributed by atoms with Gasteiger partial charge in [-0.3, -0.25) is 9.82 Å². The predicted octanol–water partition coefficient (Wildman–Crippen LogP) is 1.45. The van der Waals surface area contributed by atoms with E-state index < -0.39 is 10.0 Å². The van der Waals surface area contributed by atoms with Crippen molar-refractivity contribution < 1.29 is 8.42 Å². The predicted molar refractivity (Wildman–Crippen MR) is 71.4 cm³/mol. The average Bonchev–Trinajstić information content (AvgIpc) is 2.98. The summed E-state index contributed by atoms with van der Waals surface area (Å²) >= 11 is 0. The summed E-state index contributed by atoms with van der Waals surface area (Å²) in [7, 11) is -3.65. The van der Waals surface area contributed by atoms with Crippen LogP contribution in [0.2, 0.25) is 0 Å². The molecule has 0 radical (unpaired) electrons. The number of aryl methyl sites for hydroxylation is 2. The Hall–Kier alpha value is -1.83. The second-order valence-corrected chi connectivity index (χ2v) is 5.83. The smallest absolute Gasteiger partial charge is 0.280 e. The molecular formula is C11H17N5O2S. The molecular weight excluding hydrogens is 266 g/mol. The Morgan fingerprint density at radius 3 is 2.79 bits per heavy atom. The molecule has 0 amide bonds. The number of sulfonamides is 1. The van der Waals surface area contributed by atoms with Crippen LogP contribution in [-0.4, -0.2) is 28.6 Å². The summed E-state index contributed by atoms with van der Waals surface area (Å²) in [6.45, 7) is 3.94. The number of imidazole rings is 1. The molecule has 0 bridgehead atoms. The van der Waals surface area contributed by atoms with E-state index in [0.717, 1.165) is 18.5 Å². The quantitative estimate of drug-likeness (QED) is 0.746. The average molecular weight is 283 g/mol. The van der Waals surface area contributed by atoms with Crippen molar-refractivity contribution in [2.75, 3.05) is 4.72 Å². The van der Waals surface area contributed by atoms with Crippen LogP contribution in [0.4, 0.5) is 5.82 Å². The maximum atomic E-state index is 12.1. The third-order valence-corrected chi connectivity index (χ3v) is 3.88. The summed E-state index contributed by atoms with van der Waals surface area (Å²) in [5.41, 5.74) is 0.902. The van der Waals surface area contributed by atoms with Gasteiger partial charge in [0.2, 0.25) is 0 Å². The van der Waals surface area contributed by atoms with E-state index in [-0.39, 0.29) is 10.8 Å². The first kappa shape index (κ1) is 13.6. The first-order valence-electron chi connectivity index (χ1n) is 6.16. The van der Waals surface area contributed by atoms with E-state index in [1.165, 1.54) is 6.20 Å². The standard InChI is InChI=1S/C11H17N5O2S/c1-3-5-8-6-10(15-14-8)16-19(17,18)11-7-12-9(4-2)13-11/h6-7H,3-5H2,1-2H3,(H,12,13)(H2,14,15,16). The van der Waals surface area contributed by atoms with Crippen LogP contribution in [-0.2, 0) is 22.9 Å². The normalized spacial score (nSPS) is 11.7. The molecule has 0 aliphatic heterocycles. The van der Waals surface area contributed by atoms with Crippen LogP contribution in [0.3, 0.4) is 0 Å². The number of aromatic amines is 2. The van der Waals surface area contributed by atoms with Crippen molar-refractivity contribution in [2.24, 2.45) is 0 Å². The third kappa shape index (κ3) is 3.14. The highest BCUT2D eigenvalue weighted by atomic mass is 32.2. The van der Waals surface area contributed by atoms with Crippen LogP contribution in [0, 0.1) is 0 Å². The fraction of sp³-hybridized carbons (Fsp3) is 0.455. The highest BCUT2D eigenvalue weighted by Crippen LogP contribution is 2.14. The monoisotopic (exact) mass is 283 g/mol. The van der Waals surface area contributed by atoms with Crippen molar-refractivity contribution in [3.05, 3.63) is 23.8 Å². The summed E-state index contributed by atoms with van der Waals surface area (Å²) in [5.74, 6) is 0.921. The van der Waals surface area contributed by atoms with Gasteiger partial charge in [-0.15, -0.1) is 0 Å². The van der Waals surface area contributed by atoms with Crippen LogP contribution >= 0.6 is 0 Å². The molecule has 2 aromatic heterocycles. The van der Waals surface area contributed by atoms with Gasteiger partial charge in [0.15, 0.2) is 10.8 Å². The Bertz CT molecular complexity index is 644. The van der Waals surface area contributed by atoms with Gasteiger partial charge in [-0.05, 0) is 6.42 Å². The fourth-order valence-corrected chi connectivity index (χ4v) is 2.60. The number of rotatable bonds is 6. The molecule has 7 nitrogen and oxygen atoms in total. The number of hydrogen-bond donors (Lipinski definition) is 3. The number of anilines is 1. The molecule has 0 fully saturated rings. The minimum atomic E-state index is -3.65. The highest BCUT2D eigenvalue weighted by molar-refractivity contribution is 7.92. The lowest BCUT2D eigenvalue weighted by Gasteiger charge is -2.01. The van der Waals surface area contributed by atoms with E-state index in [2.05, 4.69) is 24.9 Å². The number of hydrogen-bond acceptors (Lipinski definition) is 4. The topological polar surface area (TPSA) is 104 Å². The fourth-order valence-electron chi connectivity index (χ4n) is 1.66. The highest BCUT2D eigenvalue weighted by Gasteiger charge is 2.18. The molecule has 19 heavy (non-hydrogen) atoms. The van der Waals surface area contributed by atoms with E-state index in [9.17, 15) is 8.42 Å². The first-order valence-corrected chi connectivity index (χ1v) is 7.64. The second kappa shape index (κ2) is 5.43. The first-order chi connectivity index (χ1) is 9.05. The van der Waals surface area contributed by atoms with Crippen LogP contribution in [0.25, 0.3) is 0 Å². The minimum Gasteiger partial charge on any atom is -0.332 e. The van der Waals surface area contributed by atoms with E-state index in [4.69, 9.17) is 0 Å². The lowest BCUT2D eigenvalue weighted by Crippen LogP contribution is -2.13. The van der Waals surface area contributed by atoms with Crippen LogP contribution in [0.1, 0.15) is 31.8 Å². The zero-order chi connectivity index (χ0) is 13.9. The van der Waals surface area contributed by atoms with Gasteiger partial charge >= 0.3 is 0 Å². The summed E-state index contributed by atoms with van der Waals surface area (Å²) in [5, 5.41) is 6.76. The van der Waals surface area contributed by atoms with Crippen molar-refractivity contribution >= 4 is 15.8 Å². The van der Waals surface area contributed by atoms with Gasteiger partial charge in [0, 0.05) is 18.2 Å². The van der Waals surface area contributed by atoms with E-state index >= 15 is 0 Å². The van der Waals surface area contributed by atoms with Crippen LogP contribution in [0.15, 0.2) is 17.3 Å². The molecule has 0 saturated heterocycles. The molecule has 0 aromatic carbocycles. The number of nitrogens with zero attached hydrogens (tertiary/aromatic N) is 2. The van der Waals surface area contributed by atoms with Gasteiger partial charge in [-0.25, -0.2) is 4.98 Å². The molecule has 2 rings (SSSR count). The Balaban J connectivity index is 2.15. The summed E-state index contributed by atoms with van der Waals surface area (Å²) in [6, 6.07) is 1.69. The summed E-state index contributed by atoms with van der Waals surface area (Å²) in [6.07, 6.45) is 3.76. The van der Waals surface area contributed by atoms with E-state index in [1.54, 1.807) is 6.07 Å². The third-order valence-electron chi connectivity index (χ3n) is 2.62. The van der Waals surface area contributed by atoms with Gasteiger partial charge in [0.05, 0.1) is 6.20 Å². The van der Waals surface area contributed by atoms with Gasteiger partial charge < -0.3 is 4.98 Å². The molecule has 3 N–H and O–H groups in total. The molecule has 0 aliphatic carbocycles.